The number of nitrogens with zero attached hydrogens (tertiary/aromatic N) is 2. The molecule has 0 amide bonds. The maximum absolute atomic E-state index is 11.0. The summed E-state index contributed by atoms with van der Waals surface area (Å²) in [6.07, 6.45) is 1.85. The van der Waals surface area contributed by atoms with Crippen molar-refractivity contribution in [1.82, 2.24) is 9.80 Å². The van der Waals surface area contributed by atoms with Gasteiger partial charge in [0, 0.05) is 24.7 Å². The molecule has 1 aromatic rings. The summed E-state index contributed by atoms with van der Waals surface area (Å²) >= 11 is 0. The van der Waals surface area contributed by atoms with E-state index in [2.05, 4.69) is 23.6 Å². The number of likely N-dealkylation sites (N-methyl/N-ethyl adjacent to an activating group) is 1. The highest BCUT2D eigenvalue weighted by molar-refractivity contribution is 5.67. The monoisotopic (exact) mass is 266 g/mol. The first-order chi connectivity index (χ1) is 8.88. The molecule has 1 N–H and O–H groups in total. The molecule has 1 saturated heterocycles. The Balaban J connectivity index is 2.07. The Morgan fingerprint density at radius 2 is 2.32 bits per heavy atom. The maximum atomic E-state index is 11.0. The molecule has 2 heterocycles. The van der Waals surface area contributed by atoms with Crippen molar-refractivity contribution in [2.45, 2.75) is 38.4 Å². The first-order valence-electron chi connectivity index (χ1n) is 6.58. The highest BCUT2D eigenvalue weighted by Crippen LogP contribution is 2.26. The van der Waals surface area contributed by atoms with Gasteiger partial charge in [0.05, 0.1) is 19.2 Å². The second kappa shape index (κ2) is 5.35. The number of furan rings is 1. The molecule has 0 spiro atoms. The van der Waals surface area contributed by atoms with Crippen molar-refractivity contribution in [3.8, 4) is 0 Å². The Labute approximate surface area is 113 Å². The van der Waals surface area contributed by atoms with Crippen molar-refractivity contribution in [2.75, 3.05) is 20.1 Å². The molecule has 106 valence electrons. The summed E-state index contributed by atoms with van der Waals surface area (Å²) in [5.74, 6) is 0.182. The second-order valence-corrected chi connectivity index (χ2v) is 5.92. The van der Waals surface area contributed by atoms with Gasteiger partial charge in [-0.1, -0.05) is 0 Å². The van der Waals surface area contributed by atoms with Gasteiger partial charge in [-0.25, -0.2) is 0 Å². The minimum atomic E-state index is -0.743. The summed E-state index contributed by atoms with van der Waals surface area (Å²) in [5, 5.41) is 9.03. The van der Waals surface area contributed by atoms with Crippen LogP contribution in [0.15, 0.2) is 22.8 Å². The Hall–Kier alpha value is -1.33. The van der Waals surface area contributed by atoms with Crippen molar-refractivity contribution in [1.29, 1.82) is 0 Å². The largest absolute Gasteiger partial charge is 0.481 e. The summed E-state index contributed by atoms with van der Waals surface area (Å²) in [6, 6.07) is 3.87. The standard InChI is InChI=1S/C14H22N2O3/c1-14(2)10-16(9-12-5-4-6-19-12)8-11(15(14)3)7-13(17)18/h4-6,11H,7-10H2,1-3H3,(H,17,18). The average molecular weight is 266 g/mol. The zero-order valence-corrected chi connectivity index (χ0v) is 11.8. The number of piperazine rings is 1. The van der Waals surface area contributed by atoms with Gasteiger partial charge in [0.25, 0.3) is 0 Å². The zero-order chi connectivity index (χ0) is 14.0. The van der Waals surface area contributed by atoms with E-state index in [4.69, 9.17) is 9.52 Å². The van der Waals surface area contributed by atoms with Crippen LogP contribution in [0.2, 0.25) is 0 Å². The van der Waals surface area contributed by atoms with Gasteiger partial charge in [-0.2, -0.15) is 0 Å². The number of hydrogen-bond acceptors (Lipinski definition) is 4. The third kappa shape index (κ3) is 3.36. The maximum Gasteiger partial charge on any atom is 0.304 e. The summed E-state index contributed by atoms with van der Waals surface area (Å²) < 4.78 is 5.38. The van der Waals surface area contributed by atoms with E-state index in [1.807, 2.05) is 19.2 Å². The van der Waals surface area contributed by atoms with Crippen LogP contribution in [0.5, 0.6) is 0 Å². The Kier molecular flexibility index (Phi) is 3.96. The molecule has 0 aliphatic carbocycles. The van der Waals surface area contributed by atoms with Crippen LogP contribution in [0.25, 0.3) is 0 Å². The SMILES string of the molecule is CN1C(CC(=O)O)CN(Cc2ccco2)CC1(C)C. The predicted octanol–water partition coefficient (Wildman–Crippen LogP) is 1.65. The van der Waals surface area contributed by atoms with Crippen LogP contribution in [0.1, 0.15) is 26.0 Å². The molecule has 0 saturated carbocycles. The molecule has 1 aliphatic rings. The topological polar surface area (TPSA) is 56.9 Å². The normalized spacial score (nSPS) is 24.5. The molecule has 0 radical (unpaired) electrons. The van der Waals surface area contributed by atoms with Crippen LogP contribution >= 0.6 is 0 Å². The van der Waals surface area contributed by atoms with Crippen LogP contribution in [0.3, 0.4) is 0 Å². The average Bonchev–Trinajstić information content (AvgIpc) is 2.77. The first kappa shape index (κ1) is 14.1. The van der Waals surface area contributed by atoms with E-state index in [1.165, 1.54) is 0 Å². The number of carboxylic acids is 1. The van der Waals surface area contributed by atoms with Crippen LogP contribution in [-0.2, 0) is 11.3 Å². The number of aliphatic carboxylic acids is 1. The third-order valence-corrected chi connectivity index (χ3v) is 3.95. The van der Waals surface area contributed by atoms with Crippen molar-refractivity contribution < 1.29 is 14.3 Å². The minimum Gasteiger partial charge on any atom is -0.481 e. The van der Waals surface area contributed by atoms with Crippen molar-refractivity contribution >= 4 is 5.97 Å². The molecule has 1 aromatic heterocycles. The lowest BCUT2D eigenvalue weighted by Crippen LogP contribution is -2.62. The summed E-state index contributed by atoms with van der Waals surface area (Å²) in [7, 11) is 2.01. The Bertz CT molecular complexity index is 428. The summed E-state index contributed by atoms with van der Waals surface area (Å²) in [6.45, 7) is 6.69. The van der Waals surface area contributed by atoms with Crippen LogP contribution in [0, 0.1) is 0 Å². The van der Waals surface area contributed by atoms with Gasteiger partial charge < -0.3 is 9.52 Å². The van der Waals surface area contributed by atoms with Crippen LogP contribution < -0.4 is 0 Å². The van der Waals surface area contributed by atoms with E-state index in [9.17, 15) is 4.79 Å². The fourth-order valence-corrected chi connectivity index (χ4v) is 2.78. The lowest BCUT2D eigenvalue weighted by Gasteiger charge is -2.49. The highest BCUT2D eigenvalue weighted by Gasteiger charge is 2.38. The molecule has 1 atom stereocenters. The minimum absolute atomic E-state index is 0.0367. The zero-order valence-electron chi connectivity index (χ0n) is 11.8. The smallest absolute Gasteiger partial charge is 0.304 e. The van der Waals surface area contributed by atoms with E-state index >= 15 is 0 Å². The molecule has 2 rings (SSSR count). The Morgan fingerprint density at radius 1 is 1.58 bits per heavy atom. The van der Waals surface area contributed by atoms with E-state index in [1.54, 1.807) is 6.26 Å². The van der Waals surface area contributed by atoms with Gasteiger partial charge >= 0.3 is 5.97 Å². The molecule has 1 unspecified atom stereocenters. The fourth-order valence-electron chi connectivity index (χ4n) is 2.78. The van der Waals surface area contributed by atoms with Gasteiger partial charge in [-0.3, -0.25) is 14.6 Å². The predicted molar refractivity (Wildman–Crippen MR) is 71.9 cm³/mol. The quantitative estimate of drug-likeness (QED) is 0.898. The second-order valence-electron chi connectivity index (χ2n) is 5.92. The lowest BCUT2D eigenvalue weighted by molar-refractivity contribution is -0.140. The van der Waals surface area contributed by atoms with E-state index in [-0.39, 0.29) is 18.0 Å². The number of hydrogen-bond donors (Lipinski definition) is 1. The van der Waals surface area contributed by atoms with Gasteiger partial charge in [0.2, 0.25) is 0 Å². The van der Waals surface area contributed by atoms with Gasteiger partial charge in [-0.15, -0.1) is 0 Å². The number of rotatable bonds is 4. The van der Waals surface area contributed by atoms with E-state index < -0.39 is 5.97 Å². The third-order valence-electron chi connectivity index (χ3n) is 3.95. The van der Waals surface area contributed by atoms with Crippen molar-refractivity contribution in [2.24, 2.45) is 0 Å². The number of carboxylic acid groups (broad SMARTS) is 1. The molecule has 5 nitrogen and oxygen atoms in total. The molecule has 0 bridgehead atoms. The number of carbonyl (C=O) groups is 1. The lowest BCUT2D eigenvalue weighted by atomic mass is 9.94. The molecule has 1 aliphatic heterocycles. The van der Waals surface area contributed by atoms with Crippen LogP contribution in [0.4, 0.5) is 0 Å². The molecule has 0 aromatic carbocycles. The van der Waals surface area contributed by atoms with Crippen molar-refractivity contribution in [3.05, 3.63) is 24.2 Å². The van der Waals surface area contributed by atoms with Gasteiger partial charge in [0.15, 0.2) is 0 Å². The Morgan fingerprint density at radius 3 is 2.89 bits per heavy atom. The summed E-state index contributed by atoms with van der Waals surface area (Å²) in [5.41, 5.74) is -0.0367. The first-order valence-corrected chi connectivity index (χ1v) is 6.58. The highest BCUT2D eigenvalue weighted by atomic mass is 16.4. The molecule has 19 heavy (non-hydrogen) atoms. The van der Waals surface area contributed by atoms with E-state index in [0.717, 1.165) is 25.4 Å². The molecule has 5 heteroatoms. The van der Waals surface area contributed by atoms with Gasteiger partial charge in [0.1, 0.15) is 5.76 Å². The summed E-state index contributed by atoms with van der Waals surface area (Å²) in [4.78, 5) is 15.4. The molecule has 1 fully saturated rings. The van der Waals surface area contributed by atoms with E-state index in [0.29, 0.717) is 0 Å². The molecular formula is C14H22N2O3. The molecular weight excluding hydrogens is 244 g/mol. The van der Waals surface area contributed by atoms with Crippen molar-refractivity contribution in [3.63, 3.8) is 0 Å². The van der Waals surface area contributed by atoms with Crippen LogP contribution in [-0.4, -0.2) is 52.6 Å². The fraction of sp³-hybridized carbons (Fsp3) is 0.643. The van der Waals surface area contributed by atoms with Gasteiger partial charge in [-0.05, 0) is 33.0 Å².